The first kappa shape index (κ1) is 15.8. The summed E-state index contributed by atoms with van der Waals surface area (Å²) in [5, 5.41) is 14.9. The van der Waals surface area contributed by atoms with Crippen LogP contribution in [0.2, 0.25) is 5.02 Å². The van der Waals surface area contributed by atoms with E-state index >= 15 is 0 Å². The lowest BCUT2D eigenvalue weighted by Gasteiger charge is -2.07. The number of benzene rings is 1. The van der Waals surface area contributed by atoms with Crippen LogP contribution in [0.15, 0.2) is 24.3 Å². The molecule has 2 amide bonds. The van der Waals surface area contributed by atoms with Crippen LogP contribution in [-0.2, 0) is 6.54 Å². The summed E-state index contributed by atoms with van der Waals surface area (Å²) in [7, 11) is 0. The molecule has 0 bridgehead atoms. The highest BCUT2D eigenvalue weighted by Crippen LogP contribution is 2.08. The summed E-state index contributed by atoms with van der Waals surface area (Å²) in [5.74, 6) is 0. The Hall–Kier alpha value is -1.26. The molecule has 4 nitrogen and oxygen atoms in total. The fourth-order valence-corrected chi connectivity index (χ4v) is 1.77. The van der Waals surface area contributed by atoms with Crippen LogP contribution in [0.5, 0.6) is 0 Å². The minimum atomic E-state index is -0.155. The summed E-state index contributed by atoms with van der Waals surface area (Å²) in [6.07, 6.45) is 3.81. The first-order valence-electron chi connectivity index (χ1n) is 6.59. The molecular weight excluding hydrogens is 264 g/mol. The Morgan fingerprint density at radius 3 is 2.42 bits per heavy atom. The molecule has 0 saturated carbocycles. The maximum atomic E-state index is 11.5. The van der Waals surface area contributed by atoms with E-state index in [9.17, 15) is 4.79 Å². The Balaban J connectivity index is 2.06. The summed E-state index contributed by atoms with van der Waals surface area (Å²) in [4.78, 5) is 11.5. The molecule has 0 atom stereocenters. The van der Waals surface area contributed by atoms with E-state index in [0.717, 1.165) is 31.2 Å². The minimum absolute atomic E-state index is 0.155. The van der Waals surface area contributed by atoms with Crippen LogP contribution in [0.4, 0.5) is 4.79 Å². The number of rotatable bonds is 8. The van der Waals surface area contributed by atoms with Crippen LogP contribution < -0.4 is 10.6 Å². The molecule has 0 aliphatic rings. The van der Waals surface area contributed by atoms with Gasteiger partial charge in [-0.15, -0.1) is 0 Å². The van der Waals surface area contributed by atoms with E-state index in [0.29, 0.717) is 18.1 Å². The van der Waals surface area contributed by atoms with Gasteiger partial charge in [0, 0.05) is 24.7 Å². The fraction of sp³-hybridized carbons (Fsp3) is 0.500. The van der Waals surface area contributed by atoms with Crippen LogP contribution in [0, 0.1) is 0 Å². The van der Waals surface area contributed by atoms with E-state index in [1.54, 1.807) is 12.1 Å². The third-order valence-electron chi connectivity index (χ3n) is 2.74. The Labute approximate surface area is 119 Å². The average molecular weight is 285 g/mol. The van der Waals surface area contributed by atoms with Gasteiger partial charge in [0.15, 0.2) is 0 Å². The van der Waals surface area contributed by atoms with Gasteiger partial charge in [-0.25, -0.2) is 4.79 Å². The SMILES string of the molecule is O=C(NCCCCCCO)NCc1ccc(Cl)cc1. The zero-order chi connectivity index (χ0) is 13.9. The lowest BCUT2D eigenvalue weighted by Crippen LogP contribution is -2.35. The molecule has 1 aromatic carbocycles. The standard InChI is InChI=1S/C14H21ClN2O2/c15-13-7-5-12(6-8-13)11-17-14(19)16-9-3-1-2-4-10-18/h5-8,18H,1-4,9-11H2,(H2,16,17,19). The smallest absolute Gasteiger partial charge is 0.315 e. The molecule has 0 aliphatic carbocycles. The van der Waals surface area contributed by atoms with E-state index in [2.05, 4.69) is 10.6 Å². The fourth-order valence-electron chi connectivity index (χ4n) is 1.64. The molecule has 0 heterocycles. The Morgan fingerprint density at radius 1 is 1.05 bits per heavy atom. The van der Waals surface area contributed by atoms with Crippen molar-refractivity contribution in [2.75, 3.05) is 13.2 Å². The maximum absolute atomic E-state index is 11.5. The molecule has 1 aromatic rings. The zero-order valence-electron chi connectivity index (χ0n) is 11.0. The highest BCUT2D eigenvalue weighted by Gasteiger charge is 1.99. The summed E-state index contributed by atoms with van der Waals surface area (Å²) >= 11 is 5.78. The molecule has 0 radical (unpaired) electrons. The van der Waals surface area contributed by atoms with Crippen LogP contribution in [0.25, 0.3) is 0 Å². The van der Waals surface area contributed by atoms with Crippen molar-refractivity contribution in [2.24, 2.45) is 0 Å². The van der Waals surface area contributed by atoms with Crippen LogP contribution in [0.3, 0.4) is 0 Å². The minimum Gasteiger partial charge on any atom is -0.396 e. The second kappa shape index (κ2) is 9.64. The first-order valence-corrected chi connectivity index (χ1v) is 6.97. The van der Waals surface area contributed by atoms with Crippen LogP contribution >= 0.6 is 11.6 Å². The highest BCUT2D eigenvalue weighted by molar-refractivity contribution is 6.30. The number of amides is 2. The molecule has 0 saturated heterocycles. The van der Waals surface area contributed by atoms with Crippen molar-refractivity contribution in [3.05, 3.63) is 34.9 Å². The average Bonchev–Trinajstić information content (AvgIpc) is 2.42. The summed E-state index contributed by atoms with van der Waals surface area (Å²) < 4.78 is 0. The van der Waals surface area contributed by atoms with Gasteiger partial charge < -0.3 is 15.7 Å². The van der Waals surface area contributed by atoms with Gasteiger partial charge in [-0.05, 0) is 30.5 Å². The predicted molar refractivity (Wildman–Crippen MR) is 77.2 cm³/mol. The maximum Gasteiger partial charge on any atom is 0.315 e. The van der Waals surface area contributed by atoms with Crippen LogP contribution in [-0.4, -0.2) is 24.3 Å². The molecule has 1 rings (SSSR count). The van der Waals surface area contributed by atoms with E-state index < -0.39 is 0 Å². The highest BCUT2D eigenvalue weighted by atomic mass is 35.5. The molecule has 0 aromatic heterocycles. The van der Waals surface area contributed by atoms with E-state index in [1.807, 2.05) is 12.1 Å². The Kier molecular flexibility index (Phi) is 8.02. The number of halogens is 1. The normalized spacial score (nSPS) is 10.2. The number of urea groups is 1. The van der Waals surface area contributed by atoms with Crippen molar-refractivity contribution in [3.8, 4) is 0 Å². The Bertz CT molecular complexity index is 368. The third kappa shape index (κ3) is 7.70. The summed E-state index contributed by atoms with van der Waals surface area (Å²) in [5.41, 5.74) is 1.02. The van der Waals surface area contributed by atoms with Gasteiger partial charge in [-0.3, -0.25) is 0 Å². The van der Waals surface area contributed by atoms with Gasteiger partial charge in [-0.1, -0.05) is 36.6 Å². The van der Waals surface area contributed by atoms with Crippen molar-refractivity contribution >= 4 is 17.6 Å². The summed E-state index contributed by atoms with van der Waals surface area (Å²) in [6.45, 7) is 1.40. The molecular formula is C14H21ClN2O2. The quantitative estimate of drug-likeness (QED) is 0.643. The number of aliphatic hydroxyl groups excluding tert-OH is 1. The third-order valence-corrected chi connectivity index (χ3v) is 2.99. The van der Waals surface area contributed by atoms with Gasteiger partial charge in [0.25, 0.3) is 0 Å². The second-order valence-electron chi connectivity index (χ2n) is 4.37. The number of hydrogen-bond acceptors (Lipinski definition) is 2. The largest absolute Gasteiger partial charge is 0.396 e. The van der Waals surface area contributed by atoms with Gasteiger partial charge in [-0.2, -0.15) is 0 Å². The number of hydrogen-bond donors (Lipinski definition) is 3. The number of carbonyl (C=O) groups is 1. The molecule has 0 unspecified atom stereocenters. The number of unbranched alkanes of at least 4 members (excludes halogenated alkanes) is 3. The van der Waals surface area contributed by atoms with Gasteiger partial charge in [0.05, 0.1) is 0 Å². The molecule has 5 heteroatoms. The van der Waals surface area contributed by atoms with E-state index in [1.165, 1.54) is 0 Å². The second-order valence-corrected chi connectivity index (χ2v) is 4.81. The molecule has 0 fully saturated rings. The van der Waals surface area contributed by atoms with E-state index in [-0.39, 0.29) is 12.6 Å². The number of aliphatic hydroxyl groups is 1. The van der Waals surface area contributed by atoms with Gasteiger partial charge >= 0.3 is 6.03 Å². The zero-order valence-corrected chi connectivity index (χ0v) is 11.7. The molecule has 0 aliphatic heterocycles. The van der Waals surface area contributed by atoms with Crippen molar-refractivity contribution in [1.29, 1.82) is 0 Å². The van der Waals surface area contributed by atoms with Gasteiger partial charge in [0.2, 0.25) is 0 Å². The van der Waals surface area contributed by atoms with Crippen molar-refractivity contribution in [2.45, 2.75) is 32.2 Å². The van der Waals surface area contributed by atoms with Gasteiger partial charge in [0.1, 0.15) is 0 Å². The van der Waals surface area contributed by atoms with Crippen molar-refractivity contribution in [1.82, 2.24) is 10.6 Å². The van der Waals surface area contributed by atoms with Crippen molar-refractivity contribution < 1.29 is 9.90 Å². The molecule has 3 N–H and O–H groups in total. The topological polar surface area (TPSA) is 61.4 Å². The Morgan fingerprint density at radius 2 is 1.74 bits per heavy atom. The summed E-state index contributed by atoms with van der Waals surface area (Å²) in [6, 6.07) is 7.22. The first-order chi connectivity index (χ1) is 9.22. The van der Waals surface area contributed by atoms with Crippen LogP contribution in [0.1, 0.15) is 31.2 Å². The van der Waals surface area contributed by atoms with Crippen molar-refractivity contribution in [3.63, 3.8) is 0 Å². The number of carbonyl (C=O) groups excluding carboxylic acids is 1. The lowest BCUT2D eigenvalue weighted by molar-refractivity contribution is 0.240. The molecule has 19 heavy (non-hydrogen) atoms. The molecule has 106 valence electrons. The predicted octanol–water partition coefficient (Wildman–Crippen LogP) is 2.69. The molecule has 0 spiro atoms. The van der Waals surface area contributed by atoms with E-state index in [4.69, 9.17) is 16.7 Å². The number of nitrogens with one attached hydrogen (secondary N) is 2. The lowest BCUT2D eigenvalue weighted by atomic mass is 10.2. The monoisotopic (exact) mass is 284 g/mol.